The summed E-state index contributed by atoms with van der Waals surface area (Å²) in [7, 11) is 0. The van der Waals surface area contributed by atoms with Gasteiger partial charge in [-0.25, -0.2) is 4.98 Å². The summed E-state index contributed by atoms with van der Waals surface area (Å²) in [6.45, 7) is 0. The van der Waals surface area contributed by atoms with Crippen molar-refractivity contribution in [1.82, 2.24) is 14.1 Å². The molecule has 0 saturated carbocycles. The van der Waals surface area contributed by atoms with Crippen LogP contribution in [0.5, 0.6) is 0 Å². The number of rotatable bonds is 5. The zero-order chi connectivity index (χ0) is 34.6. The maximum atomic E-state index is 10.1. The van der Waals surface area contributed by atoms with Crippen LogP contribution < -0.4 is 0 Å². The van der Waals surface area contributed by atoms with E-state index in [0.29, 0.717) is 5.56 Å². The minimum Gasteiger partial charge on any atom is -0.309 e. The quantitative estimate of drug-likeness (QED) is 0.184. The Morgan fingerprint density at radius 3 is 1.71 bits per heavy atom. The molecule has 10 aromatic rings. The maximum Gasteiger partial charge on any atom is 0.101 e. The topological polar surface area (TPSA) is 46.5 Å². The number of para-hydroxylation sites is 3. The van der Waals surface area contributed by atoms with E-state index in [1.807, 2.05) is 36.4 Å². The van der Waals surface area contributed by atoms with Crippen molar-refractivity contribution in [3.05, 3.63) is 188 Å². The van der Waals surface area contributed by atoms with Crippen LogP contribution in [0.25, 0.3) is 88.6 Å². The first-order chi connectivity index (χ1) is 25.8. The monoisotopic (exact) mass is 662 g/mol. The van der Waals surface area contributed by atoms with Gasteiger partial charge in [-0.1, -0.05) is 127 Å². The van der Waals surface area contributed by atoms with E-state index in [1.165, 1.54) is 10.8 Å². The molecule has 0 atom stereocenters. The molecule has 4 nitrogen and oxygen atoms in total. The zero-order valence-corrected chi connectivity index (χ0v) is 28.1. The SMILES string of the molecule is N#Cc1ccccc1-n1c2ccccc2c2c1ccc1c3ccccc3n(-c3ccc(-c4cc(-c5ccccc5)cc(-c5ccccc5)n4)cc3)c12. The highest BCUT2D eigenvalue weighted by molar-refractivity contribution is 6.26. The molecule has 10 rings (SSSR count). The van der Waals surface area contributed by atoms with Gasteiger partial charge in [0.25, 0.3) is 0 Å². The van der Waals surface area contributed by atoms with E-state index in [1.54, 1.807) is 0 Å². The minimum absolute atomic E-state index is 0.641. The molecule has 0 spiro atoms. The van der Waals surface area contributed by atoms with Gasteiger partial charge in [-0.05, 0) is 65.7 Å². The third kappa shape index (κ3) is 4.65. The lowest BCUT2D eigenvalue weighted by molar-refractivity contribution is 1.16. The first-order valence-electron chi connectivity index (χ1n) is 17.5. The molecular weight excluding hydrogens is 633 g/mol. The van der Waals surface area contributed by atoms with Crippen LogP contribution in [0, 0.1) is 11.3 Å². The number of aromatic nitrogens is 3. The van der Waals surface area contributed by atoms with Gasteiger partial charge in [0.2, 0.25) is 0 Å². The van der Waals surface area contributed by atoms with Crippen LogP contribution in [-0.2, 0) is 0 Å². The highest BCUT2D eigenvalue weighted by atomic mass is 15.0. The van der Waals surface area contributed by atoms with E-state index in [0.717, 1.165) is 77.9 Å². The number of nitriles is 1. The summed E-state index contributed by atoms with van der Waals surface area (Å²) in [5.74, 6) is 0. The zero-order valence-electron chi connectivity index (χ0n) is 28.1. The fourth-order valence-corrected chi connectivity index (χ4v) is 7.81. The first kappa shape index (κ1) is 29.7. The largest absolute Gasteiger partial charge is 0.309 e. The molecule has 52 heavy (non-hydrogen) atoms. The molecule has 0 saturated heterocycles. The van der Waals surface area contributed by atoms with Gasteiger partial charge in [0.05, 0.1) is 44.7 Å². The van der Waals surface area contributed by atoms with E-state index >= 15 is 0 Å². The van der Waals surface area contributed by atoms with Gasteiger partial charge < -0.3 is 9.13 Å². The second kappa shape index (κ2) is 12.0. The van der Waals surface area contributed by atoms with Gasteiger partial charge in [-0.2, -0.15) is 5.26 Å². The summed E-state index contributed by atoms with van der Waals surface area (Å²) in [6, 6.07) is 65.9. The summed E-state index contributed by atoms with van der Waals surface area (Å²) in [4.78, 5) is 5.18. The standard InChI is InChI=1S/C48H30N4/c49-31-35-17-7-10-20-43(35)52-45-22-12-9-19-40(45)47-46(52)28-27-39-38-18-8-11-21-44(38)51(48(39)47)37-25-23-34(24-26-37)42-30-36(32-13-3-1-4-14-32)29-41(50-42)33-15-5-2-6-16-33/h1-30H. The fourth-order valence-electron chi connectivity index (χ4n) is 7.81. The molecule has 4 heteroatoms. The Morgan fingerprint density at radius 1 is 0.423 bits per heavy atom. The van der Waals surface area contributed by atoms with E-state index in [9.17, 15) is 5.26 Å². The molecule has 3 heterocycles. The molecule has 242 valence electrons. The van der Waals surface area contributed by atoms with E-state index in [-0.39, 0.29) is 0 Å². The lowest BCUT2D eigenvalue weighted by Crippen LogP contribution is -1.97. The van der Waals surface area contributed by atoms with E-state index < -0.39 is 0 Å². The number of hydrogen-bond acceptors (Lipinski definition) is 2. The van der Waals surface area contributed by atoms with Gasteiger partial charge in [-0.15, -0.1) is 0 Å². The molecule has 7 aromatic carbocycles. The number of nitrogens with zero attached hydrogens (tertiary/aromatic N) is 4. The predicted molar refractivity (Wildman–Crippen MR) is 214 cm³/mol. The second-order valence-electron chi connectivity index (χ2n) is 13.1. The molecule has 0 aliphatic carbocycles. The van der Waals surface area contributed by atoms with Crippen LogP contribution >= 0.6 is 0 Å². The average molecular weight is 663 g/mol. The molecule has 3 aromatic heterocycles. The highest BCUT2D eigenvalue weighted by Gasteiger charge is 2.21. The van der Waals surface area contributed by atoms with Gasteiger partial charge >= 0.3 is 0 Å². The predicted octanol–water partition coefficient (Wildman–Crippen LogP) is 12.1. The Hall–Kier alpha value is -7.22. The number of benzene rings is 7. The van der Waals surface area contributed by atoms with E-state index in [2.05, 4.69) is 161 Å². The lowest BCUT2D eigenvalue weighted by Gasteiger charge is -2.13. The van der Waals surface area contributed by atoms with Crippen LogP contribution in [0.15, 0.2) is 182 Å². The third-order valence-electron chi connectivity index (χ3n) is 10.2. The summed E-state index contributed by atoms with van der Waals surface area (Å²) < 4.78 is 4.64. The van der Waals surface area contributed by atoms with Gasteiger partial charge in [0, 0.05) is 38.4 Å². The fraction of sp³-hybridized carbons (Fsp3) is 0. The molecule has 0 amide bonds. The lowest BCUT2D eigenvalue weighted by atomic mass is 10.00. The van der Waals surface area contributed by atoms with E-state index in [4.69, 9.17) is 4.98 Å². The Bertz CT molecular complexity index is 2940. The second-order valence-corrected chi connectivity index (χ2v) is 13.1. The van der Waals surface area contributed by atoms with Crippen molar-refractivity contribution in [3.63, 3.8) is 0 Å². The van der Waals surface area contributed by atoms with Crippen LogP contribution in [0.3, 0.4) is 0 Å². The summed E-state index contributed by atoms with van der Waals surface area (Å²) in [5, 5.41) is 14.8. The molecular formula is C48H30N4. The first-order valence-corrected chi connectivity index (χ1v) is 17.5. The third-order valence-corrected chi connectivity index (χ3v) is 10.2. The Kier molecular flexibility index (Phi) is 6.84. The average Bonchev–Trinajstić information content (AvgIpc) is 3.74. The minimum atomic E-state index is 0.641. The number of hydrogen-bond donors (Lipinski definition) is 0. The molecule has 0 fully saturated rings. The van der Waals surface area contributed by atoms with Crippen LogP contribution in [-0.4, -0.2) is 14.1 Å². The highest BCUT2D eigenvalue weighted by Crippen LogP contribution is 2.42. The number of fused-ring (bicyclic) bond motifs is 7. The molecule has 0 N–H and O–H groups in total. The molecule has 0 aliphatic heterocycles. The molecule has 0 radical (unpaired) electrons. The van der Waals surface area contributed by atoms with Crippen molar-refractivity contribution in [2.45, 2.75) is 0 Å². The molecule has 0 bridgehead atoms. The van der Waals surface area contributed by atoms with Crippen LogP contribution in [0.2, 0.25) is 0 Å². The Labute approximate surface area is 300 Å². The van der Waals surface area contributed by atoms with Crippen molar-refractivity contribution in [3.8, 4) is 51.1 Å². The maximum absolute atomic E-state index is 10.1. The molecule has 0 unspecified atom stereocenters. The summed E-state index contributed by atoms with van der Waals surface area (Å²) in [5.41, 5.74) is 13.3. The van der Waals surface area contributed by atoms with Gasteiger partial charge in [0.1, 0.15) is 6.07 Å². The van der Waals surface area contributed by atoms with Crippen LogP contribution in [0.4, 0.5) is 0 Å². The van der Waals surface area contributed by atoms with Crippen molar-refractivity contribution >= 4 is 43.6 Å². The van der Waals surface area contributed by atoms with Crippen molar-refractivity contribution in [1.29, 1.82) is 5.26 Å². The van der Waals surface area contributed by atoms with Gasteiger partial charge in [-0.3, -0.25) is 0 Å². The Balaban J connectivity index is 1.20. The van der Waals surface area contributed by atoms with Crippen LogP contribution in [0.1, 0.15) is 5.56 Å². The van der Waals surface area contributed by atoms with Crippen molar-refractivity contribution < 1.29 is 0 Å². The van der Waals surface area contributed by atoms with Crippen molar-refractivity contribution in [2.75, 3.05) is 0 Å². The summed E-state index contributed by atoms with van der Waals surface area (Å²) >= 11 is 0. The number of pyridine rings is 1. The smallest absolute Gasteiger partial charge is 0.101 e. The normalized spacial score (nSPS) is 11.4. The van der Waals surface area contributed by atoms with Gasteiger partial charge in [0.15, 0.2) is 0 Å². The Morgan fingerprint density at radius 2 is 1.00 bits per heavy atom. The van der Waals surface area contributed by atoms with Crippen molar-refractivity contribution in [2.24, 2.45) is 0 Å². The summed E-state index contributed by atoms with van der Waals surface area (Å²) in [6.07, 6.45) is 0. The molecule has 0 aliphatic rings.